The SMILES string of the molecule is C[C@@H]1C=Cc2cc(F)ccc21. The van der Waals surface area contributed by atoms with E-state index in [1.807, 2.05) is 12.1 Å². The van der Waals surface area contributed by atoms with Crippen molar-refractivity contribution in [2.75, 3.05) is 0 Å². The summed E-state index contributed by atoms with van der Waals surface area (Å²) in [7, 11) is 0. The largest absolute Gasteiger partial charge is 0.207 e. The average molecular weight is 148 g/mol. The quantitative estimate of drug-likeness (QED) is 0.530. The molecule has 0 saturated carbocycles. The summed E-state index contributed by atoms with van der Waals surface area (Å²) >= 11 is 0. The Bertz CT molecular complexity index is 313. The highest BCUT2D eigenvalue weighted by Crippen LogP contribution is 2.29. The highest BCUT2D eigenvalue weighted by atomic mass is 19.1. The maximum atomic E-state index is 12.7. The minimum Gasteiger partial charge on any atom is -0.207 e. The molecule has 0 N–H and O–H groups in total. The predicted octanol–water partition coefficient (Wildman–Crippen LogP) is 2.96. The van der Waals surface area contributed by atoms with E-state index >= 15 is 0 Å². The van der Waals surface area contributed by atoms with Gasteiger partial charge in [0.05, 0.1) is 0 Å². The lowest BCUT2D eigenvalue weighted by molar-refractivity contribution is 0.626. The molecule has 56 valence electrons. The van der Waals surface area contributed by atoms with Gasteiger partial charge in [0.2, 0.25) is 0 Å². The van der Waals surface area contributed by atoms with Crippen LogP contribution in [0.2, 0.25) is 0 Å². The zero-order valence-corrected chi connectivity index (χ0v) is 6.34. The van der Waals surface area contributed by atoms with Gasteiger partial charge in [-0.2, -0.15) is 0 Å². The Hall–Kier alpha value is -1.11. The minimum atomic E-state index is -0.150. The highest BCUT2D eigenvalue weighted by Gasteiger charge is 2.12. The Labute approximate surface area is 65.4 Å². The van der Waals surface area contributed by atoms with E-state index in [1.165, 1.54) is 11.6 Å². The Morgan fingerprint density at radius 2 is 2.18 bits per heavy atom. The van der Waals surface area contributed by atoms with E-state index in [4.69, 9.17) is 0 Å². The van der Waals surface area contributed by atoms with Crippen LogP contribution in [0.5, 0.6) is 0 Å². The number of halogens is 1. The molecule has 0 spiro atoms. The van der Waals surface area contributed by atoms with Crippen LogP contribution in [-0.2, 0) is 0 Å². The van der Waals surface area contributed by atoms with Crippen molar-refractivity contribution in [1.29, 1.82) is 0 Å². The molecule has 1 atom stereocenters. The van der Waals surface area contributed by atoms with Crippen LogP contribution in [0.15, 0.2) is 24.3 Å². The molecule has 1 aliphatic carbocycles. The first-order valence-electron chi connectivity index (χ1n) is 3.75. The van der Waals surface area contributed by atoms with Crippen molar-refractivity contribution >= 4 is 6.08 Å². The molecule has 0 aromatic heterocycles. The molecule has 2 rings (SSSR count). The summed E-state index contributed by atoms with van der Waals surface area (Å²) < 4.78 is 12.7. The average Bonchev–Trinajstić information content (AvgIpc) is 2.32. The Morgan fingerprint density at radius 1 is 1.36 bits per heavy atom. The highest BCUT2D eigenvalue weighted by molar-refractivity contribution is 5.61. The summed E-state index contributed by atoms with van der Waals surface area (Å²) in [5.41, 5.74) is 2.25. The fourth-order valence-electron chi connectivity index (χ4n) is 1.46. The summed E-state index contributed by atoms with van der Waals surface area (Å²) in [6.07, 6.45) is 4.06. The van der Waals surface area contributed by atoms with Gasteiger partial charge in [-0.05, 0) is 29.2 Å². The monoisotopic (exact) mass is 148 g/mol. The van der Waals surface area contributed by atoms with Gasteiger partial charge in [0.1, 0.15) is 5.82 Å². The molecule has 11 heavy (non-hydrogen) atoms. The molecule has 1 heteroatoms. The van der Waals surface area contributed by atoms with Crippen molar-refractivity contribution in [3.8, 4) is 0 Å². The van der Waals surface area contributed by atoms with E-state index in [9.17, 15) is 4.39 Å². The zero-order valence-electron chi connectivity index (χ0n) is 6.34. The number of hydrogen-bond acceptors (Lipinski definition) is 0. The van der Waals surface area contributed by atoms with Gasteiger partial charge >= 0.3 is 0 Å². The van der Waals surface area contributed by atoms with Crippen molar-refractivity contribution in [3.63, 3.8) is 0 Å². The van der Waals surface area contributed by atoms with Crippen LogP contribution in [0.1, 0.15) is 24.0 Å². The third kappa shape index (κ3) is 0.967. The molecule has 0 nitrogen and oxygen atoms in total. The molecule has 1 aromatic rings. The molecule has 0 saturated heterocycles. The number of hydrogen-bond donors (Lipinski definition) is 0. The van der Waals surface area contributed by atoms with Crippen molar-refractivity contribution in [3.05, 3.63) is 41.2 Å². The number of rotatable bonds is 0. The smallest absolute Gasteiger partial charge is 0.123 e. The molecular formula is C10H9F. The van der Waals surface area contributed by atoms with Crippen molar-refractivity contribution in [2.45, 2.75) is 12.8 Å². The first-order chi connectivity index (χ1) is 5.27. The van der Waals surface area contributed by atoms with Crippen LogP contribution < -0.4 is 0 Å². The molecule has 0 aliphatic heterocycles. The number of allylic oxidation sites excluding steroid dienone is 1. The predicted molar refractivity (Wildman–Crippen MR) is 43.8 cm³/mol. The first-order valence-corrected chi connectivity index (χ1v) is 3.75. The summed E-state index contributed by atoms with van der Waals surface area (Å²) in [6, 6.07) is 4.95. The minimum absolute atomic E-state index is 0.150. The molecule has 1 aliphatic rings. The van der Waals surface area contributed by atoms with E-state index in [0.29, 0.717) is 5.92 Å². The molecule has 0 amide bonds. The molecule has 0 unspecified atom stereocenters. The van der Waals surface area contributed by atoms with Gasteiger partial charge < -0.3 is 0 Å². The lowest BCUT2D eigenvalue weighted by Gasteiger charge is -2.02. The lowest BCUT2D eigenvalue weighted by Crippen LogP contribution is -1.87. The van der Waals surface area contributed by atoms with E-state index in [-0.39, 0.29) is 5.82 Å². The summed E-state index contributed by atoms with van der Waals surface area (Å²) in [5, 5.41) is 0. The van der Waals surface area contributed by atoms with Crippen molar-refractivity contribution < 1.29 is 4.39 Å². The van der Waals surface area contributed by atoms with Crippen LogP contribution in [0.3, 0.4) is 0 Å². The van der Waals surface area contributed by atoms with Gasteiger partial charge in [-0.1, -0.05) is 25.1 Å². The van der Waals surface area contributed by atoms with Crippen LogP contribution >= 0.6 is 0 Å². The van der Waals surface area contributed by atoms with Crippen molar-refractivity contribution in [2.24, 2.45) is 0 Å². The Balaban J connectivity index is 2.58. The standard InChI is InChI=1S/C10H9F/c1-7-2-3-8-6-9(11)4-5-10(7)8/h2-7H,1H3/t7-/m1/s1. The molecule has 0 bridgehead atoms. The maximum Gasteiger partial charge on any atom is 0.123 e. The van der Waals surface area contributed by atoms with Crippen molar-refractivity contribution in [1.82, 2.24) is 0 Å². The molecule has 0 fully saturated rings. The van der Waals surface area contributed by atoms with E-state index in [1.54, 1.807) is 6.07 Å². The van der Waals surface area contributed by atoms with E-state index < -0.39 is 0 Å². The van der Waals surface area contributed by atoms with E-state index in [0.717, 1.165) is 5.56 Å². The second-order valence-electron chi connectivity index (χ2n) is 2.92. The second kappa shape index (κ2) is 2.19. The first kappa shape index (κ1) is 6.59. The number of fused-ring (bicyclic) bond motifs is 1. The van der Waals surface area contributed by atoms with Crippen LogP contribution in [-0.4, -0.2) is 0 Å². The van der Waals surface area contributed by atoms with E-state index in [2.05, 4.69) is 13.0 Å². The summed E-state index contributed by atoms with van der Waals surface area (Å²) in [4.78, 5) is 0. The van der Waals surface area contributed by atoms with Crippen LogP contribution in [0.25, 0.3) is 6.08 Å². The van der Waals surface area contributed by atoms with Gasteiger partial charge in [0.15, 0.2) is 0 Å². The Kier molecular flexibility index (Phi) is 1.31. The summed E-state index contributed by atoms with van der Waals surface area (Å²) in [5.74, 6) is 0.299. The van der Waals surface area contributed by atoms with Crippen LogP contribution in [0, 0.1) is 5.82 Å². The lowest BCUT2D eigenvalue weighted by atomic mass is 10.0. The fourth-order valence-corrected chi connectivity index (χ4v) is 1.46. The normalized spacial score (nSPS) is 20.4. The van der Waals surface area contributed by atoms with Gasteiger partial charge in [-0.3, -0.25) is 0 Å². The zero-order chi connectivity index (χ0) is 7.84. The third-order valence-electron chi connectivity index (χ3n) is 2.10. The topological polar surface area (TPSA) is 0 Å². The number of benzene rings is 1. The Morgan fingerprint density at radius 3 is 3.00 bits per heavy atom. The van der Waals surface area contributed by atoms with Crippen LogP contribution in [0.4, 0.5) is 4.39 Å². The second-order valence-corrected chi connectivity index (χ2v) is 2.92. The summed E-state index contributed by atoms with van der Waals surface area (Å²) in [6.45, 7) is 2.11. The third-order valence-corrected chi connectivity index (χ3v) is 2.10. The molecule has 0 heterocycles. The van der Waals surface area contributed by atoms with Gasteiger partial charge in [0.25, 0.3) is 0 Å². The fraction of sp³-hybridized carbons (Fsp3) is 0.200. The molecular weight excluding hydrogens is 139 g/mol. The van der Waals surface area contributed by atoms with Gasteiger partial charge in [-0.15, -0.1) is 0 Å². The molecule has 0 radical (unpaired) electrons. The van der Waals surface area contributed by atoms with Gasteiger partial charge in [-0.25, -0.2) is 4.39 Å². The molecule has 1 aromatic carbocycles. The maximum absolute atomic E-state index is 12.7. The van der Waals surface area contributed by atoms with Gasteiger partial charge in [0, 0.05) is 0 Å².